The van der Waals surface area contributed by atoms with E-state index in [0.29, 0.717) is 36.8 Å². The van der Waals surface area contributed by atoms with Crippen molar-refractivity contribution in [1.29, 1.82) is 0 Å². The van der Waals surface area contributed by atoms with Crippen molar-refractivity contribution in [3.63, 3.8) is 0 Å². The molecule has 0 aromatic heterocycles. The average molecular weight is 351 g/mol. The molecule has 2 fully saturated rings. The SMILES string of the molecule is O=C(c1ccc(Cl)cc1)N1CCCN(C(=O)C(O)C2CCC2)CC1. The van der Waals surface area contributed by atoms with Crippen LogP contribution in [0.5, 0.6) is 0 Å². The van der Waals surface area contributed by atoms with Gasteiger partial charge in [0.05, 0.1) is 0 Å². The topological polar surface area (TPSA) is 60.9 Å². The highest BCUT2D eigenvalue weighted by Gasteiger charge is 2.34. The standard InChI is InChI=1S/C18H23ClN2O3/c19-15-7-5-14(6-8-15)17(23)20-9-2-10-21(12-11-20)18(24)16(22)13-3-1-4-13/h5-8,13,16,22H,1-4,9-12H2. The molecule has 0 spiro atoms. The number of aliphatic hydroxyl groups excluding tert-OH is 1. The second-order valence-electron chi connectivity index (χ2n) is 6.61. The molecule has 130 valence electrons. The molecule has 0 bridgehead atoms. The first-order valence-corrected chi connectivity index (χ1v) is 8.96. The molecular formula is C18H23ClN2O3. The molecule has 1 aromatic carbocycles. The normalized spacial score (nSPS) is 20.2. The van der Waals surface area contributed by atoms with E-state index in [-0.39, 0.29) is 17.7 Å². The maximum atomic E-state index is 12.6. The molecule has 1 unspecified atom stereocenters. The first kappa shape index (κ1) is 17.2. The highest BCUT2D eigenvalue weighted by Crippen LogP contribution is 2.30. The summed E-state index contributed by atoms with van der Waals surface area (Å²) in [6, 6.07) is 6.85. The van der Waals surface area contributed by atoms with Crippen LogP contribution < -0.4 is 0 Å². The maximum absolute atomic E-state index is 12.6. The number of benzene rings is 1. The Morgan fingerprint density at radius 3 is 2.25 bits per heavy atom. The number of hydrogen-bond donors (Lipinski definition) is 1. The smallest absolute Gasteiger partial charge is 0.253 e. The molecular weight excluding hydrogens is 328 g/mol. The van der Waals surface area contributed by atoms with Gasteiger partial charge in [0, 0.05) is 36.8 Å². The van der Waals surface area contributed by atoms with E-state index in [4.69, 9.17) is 11.6 Å². The molecule has 1 aromatic rings. The lowest BCUT2D eigenvalue weighted by Crippen LogP contribution is -2.46. The van der Waals surface area contributed by atoms with Gasteiger partial charge in [0.1, 0.15) is 6.10 Å². The number of hydrogen-bond acceptors (Lipinski definition) is 3. The van der Waals surface area contributed by atoms with Crippen LogP contribution in [0.25, 0.3) is 0 Å². The third-order valence-electron chi connectivity index (χ3n) is 5.04. The van der Waals surface area contributed by atoms with Crippen LogP contribution in [0.4, 0.5) is 0 Å². The Bertz CT molecular complexity index is 601. The molecule has 2 aliphatic rings. The zero-order chi connectivity index (χ0) is 17.1. The van der Waals surface area contributed by atoms with Crippen LogP contribution in [0.2, 0.25) is 5.02 Å². The number of amides is 2. The van der Waals surface area contributed by atoms with Gasteiger partial charge >= 0.3 is 0 Å². The van der Waals surface area contributed by atoms with Crippen molar-refractivity contribution in [2.75, 3.05) is 26.2 Å². The Hall–Kier alpha value is -1.59. The molecule has 1 aliphatic carbocycles. The Kier molecular flexibility index (Phi) is 5.41. The Morgan fingerprint density at radius 1 is 1.00 bits per heavy atom. The lowest BCUT2D eigenvalue weighted by atomic mass is 9.80. The van der Waals surface area contributed by atoms with Gasteiger partial charge in [-0.3, -0.25) is 9.59 Å². The third kappa shape index (κ3) is 3.73. The number of rotatable bonds is 3. The second kappa shape index (κ2) is 7.53. The summed E-state index contributed by atoms with van der Waals surface area (Å²) in [6.07, 6.45) is 2.81. The fraction of sp³-hybridized carbons (Fsp3) is 0.556. The molecule has 5 nitrogen and oxygen atoms in total. The summed E-state index contributed by atoms with van der Waals surface area (Å²) in [5.41, 5.74) is 0.605. The monoisotopic (exact) mass is 350 g/mol. The summed E-state index contributed by atoms with van der Waals surface area (Å²) < 4.78 is 0. The first-order chi connectivity index (χ1) is 11.6. The molecule has 1 aliphatic heterocycles. The van der Waals surface area contributed by atoms with Gasteiger partial charge in [-0.25, -0.2) is 0 Å². The van der Waals surface area contributed by atoms with Crippen LogP contribution >= 0.6 is 11.6 Å². The Balaban J connectivity index is 1.59. The van der Waals surface area contributed by atoms with E-state index in [9.17, 15) is 14.7 Å². The largest absolute Gasteiger partial charge is 0.383 e. The molecule has 2 amide bonds. The highest BCUT2D eigenvalue weighted by atomic mass is 35.5. The van der Waals surface area contributed by atoms with Gasteiger partial charge in [0.2, 0.25) is 0 Å². The van der Waals surface area contributed by atoms with Gasteiger partial charge in [-0.2, -0.15) is 0 Å². The minimum atomic E-state index is -0.878. The van der Waals surface area contributed by atoms with Gasteiger partial charge in [0.15, 0.2) is 0 Å². The predicted molar refractivity (Wildman–Crippen MR) is 91.9 cm³/mol. The summed E-state index contributed by atoms with van der Waals surface area (Å²) in [5.74, 6) is -0.103. The van der Waals surface area contributed by atoms with Crippen LogP contribution in [0, 0.1) is 5.92 Å². The fourth-order valence-electron chi connectivity index (χ4n) is 3.26. The van der Waals surface area contributed by atoms with Gasteiger partial charge < -0.3 is 14.9 Å². The lowest BCUT2D eigenvalue weighted by molar-refractivity contribution is -0.144. The highest BCUT2D eigenvalue weighted by molar-refractivity contribution is 6.30. The molecule has 1 saturated carbocycles. The summed E-state index contributed by atoms with van der Waals surface area (Å²) >= 11 is 5.86. The van der Waals surface area contributed by atoms with Crippen molar-refractivity contribution in [3.8, 4) is 0 Å². The molecule has 0 radical (unpaired) electrons. The van der Waals surface area contributed by atoms with Crippen molar-refractivity contribution in [2.45, 2.75) is 31.8 Å². The van der Waals surface area contributed by atoms with Gasteiger partial charge in [-0.15, -0.1) is 0 Å². The molecule has 3 rings (SSSR count). The van der Waals surface area contributed by atoms with Crippen LogP contribution in [-0.2, 0) is 4.79 Å². The number of carbonyl (C=O) groups excluding carboxylic acids is 2. The summed E-state index contributed by atoms with van der Waals surface area (Å²) in [4.78, 5) is 28.5. The summed E-state index contributed by atoms with van der Waals surface area (Å²) in [5, 5.41) is 10.8. The van der Waals surface area contributed by atoms with Crippen molar-refractivity contribution in [1.82, 2.24) is 9.80 Å². The van der Waals surface area contributed by atoms with E-state index in [0.717, 1.165) is 25.7 Å². The number of carbonyl (C=O) groups is 2. The minimum Gasteiger partial charge on any atom is -0.383 e. The molecule has 1 heterocycles. The van der Waals surface area contributed by atoms with E-state index in [2.05, 4.69) is 0 Å². The predicted octanol–water partition coefficient (Wildman–Crippen LogP) is 2.18. The Morgan fingerprint density at radius 2 is 1.62 bits per heavy atom. The van der Waals surface area contributed by atoms with Gasteiger partial charge in [-0.05, 0) is 49.4 Å². The van der Waals surface area contributed by atoms with Gasteiger partial charge in [0.25, 0.3) is 11.8 Å². The van der Waals surface area contributed by atoms with Crippen molar-refractivity contribution in [2.24, 2.45) is 5.92 Å². The number of aliphatic hydroxyl groups is 1. The molecule has 1 N–H and O–H groups in total. The molecule has 1 saturated heterocycles. The number of halogens is 1. The zero-order valence-corrected chi connectivity index (χ0v) is 14.4. The fourth-order valence-corrected chi connectivity index (χ4v) is 3.39. The van der Waals surface area contributed by atoms with Crippen LogP contribution in [-0.4, -0.2) is 59.0 Å². The van der Waals surface area contributed by atoms with E-state index in [1.54, 1.807) is 34.1 Å². The molecule has 24 heavy (non-hydrogen) atoms. The maximum Gasteiger partial charge on any atom is 0.253 e. The summed E-state index contributed by atoms with van der Waals surface area (Å²) in [7, 11) is 0. The van der Waals surface area contributed by atoms with E-state index < -0.39 is 6.10 Å². The number of nitrogens with zero attached hydrogens (tertiary/aromatic N) is 2. The summed E-state index contributed by atoms with van der Waals surface area (Å²) in [6.45, 7) is 2.17. The van der Waals surface area contributed by atoms with E-state index in [1.807, 2.05) is 0 Å². The van der Waals surface area contributed by atoms with Crippen LogP contribution in [0.15, 0.2) is 24.3 Å². The average Bonchev–Trinajstić information content (AvgIpc) is 2.78. The molecule has 6 heteroatoms. The Labute approximate surface area is 147 Å². The van der Waals surface area contributed by atoms with E-state index >= 15 is 0 Å². The quantitative estimate of drug-likeness (QED) is 0.908. The minimum absolute atomic E-state index is 0.0412. The van der Waals surface area contributed by atoms with Crippen LogP contribution in [0.3, 0.4) is 0 Å². The third-order valence-corrected chi connectivity index (χ3v) is 5.29. The van der Waals surface area contributed by atoms with Crippen molar-refractivity contribution >= 4 is 23.4 Å². The molecule has 1 atom stereocenters. The van der Waals surface area contributed by atoms with Crippen molar-refractivity contribution < 1.29 is 14.7 Å². The first-order valence-electron chi connectivity index (χ1n) is 8.58. The van der Waals surface area contributed by atoms with Gasteiger partial charge in [-0.1, -0.05) is 18.0 Å². The lowest BCUT2D eigenvalue weighted by Gasteiger charge is -2.32. The van der Waals surface area contributed by atoms with E-state index in [1.165, 1.54) is 0 Å². The second-order valence-corrected chi connectivity index (χ2v) is 7.05. The van der Waals surface area contributed by atoms with Crippen molar-refractivity contribution in [3.05, 3.63) is 34.9 Å². The zero-order valence-electron chi connectivity index (χ0n) is 13.7. The van der Waals surface area contributed by atoms with Crippen LogP contribution in [0.1, 0.15) is 36.0 Å².